The lowest BCUT2D eigenvalue weighted by Crippen LogP contribution is -2.54. The van der Waals surface area contributed by atoms with Gasteiger partial charge in [0.25, 0.3) is 0 Å². The number of unbranched alkanes of at least 4 members (excludes halogenated alkanes) is 5. The van der Waals surface area contributed by atoms with Gasteiger partial charge in [-0.15, -0.1) is 0 Å². The zero-order chi connectivity index (χ0) is 56.7. The molecule has 6 unspecified atom stereocenters. The van der Waals surface area contributed by atoms with Crippen LogP contribution in [0.5, 0.6) is 0 Å². The lowest BCUT2D eigenvalue weighted by atomic mass is 9.44. The molecule has 5 fully saturated rings. The van der Waals surface area contributed by atoms with Crippen LogP contribution in [0.2, 0.25) is 0 Å². The molecule has 0 radical (unpaired) electrons. The number of allylic oxidation sites excluding steroid dienone is 2. The second-order valence-electron chi connectivity index (χ2n) is 27.1. The van der Waals surface area contributed by atoms with E-state index in [1.165, 1.54) is 57.8 Å². The smallest absolute Gasteiger partial charge is 0.306 e. The minimum atomic E-state index is -0.527. The summed E-state index contributed by atoms with van der Waals surface area (Å²) in [6.45, 7) is 20.2. The summed E-state index contributed by atoms with van der Waals surface area (Å²) in [5.74, 6) is 4.16. The van der Waals surface area contributed by atoms with Crippen LogP contribution in [0, 0.1) is 75.9 Å². The number of hydrogen-bond donors (Lipinski definition) is 0. The Balaban J connectivity index is 1.23. The molecule has 0 spiro atoms. The van der Waals surface area contributed by atoms with E-state index in [9.17, 15) is 24.0 Å². The van der Waals surface area contributed by atoms with E-state index in [-0.39, 0.29) is 97.7 Å². The van der Waals surface area contributed by atoms with Crippen molar-refractivity contribution in [2.45, 2.75) is 267 Å². The fraction of sp³-hybridized carbons (Fsp3) is 0.896. The molecule has 0 aromatic rings. The Labute approximate surface area is 475 Å². The van der Waals surface area contributed by atoms with E-state index in [0.29, 0.717) is 49.9 Å². The monoisotopic (exact) mass is 1090 g/mol. The van der Waals surface area contributed by atoms with Gasteiger partial charge in [0.05, 0.1) is 13.2 Å². The first-order valence-electron chi connectivity index (χ1n) is 32.6. The van der Waals surface area contributed by atoms with Gasteiger partial charge in [0.1, 0.15) is 18.8 Å². The van der Waals surface area contributed by atoms with Crippen LogP contribution in [-0.4, -0.2) is 87.4 Å². The minimum absolute atomic E-state index is 0.0312. The number of carbonyl (C=O) groups excluding carboxylic acids is 5. The Morgan fingerprint density at radius 2 is 1.24 bits per heavy atom. The highest BCUT2D eigenvalue weighted by Crippen LogP contribution is 2.69. The van der Waals surface area contributed by atoms with Gasteiger partial charge in [-0.2, -0.15) is 0 Å². The Bertz CT molecular complexity index is 1810. The summed E-state index contributed by atoms with van der Waals surface area (Å²) in [4.78, 5) is 68.2. The van der Waals surface area contributed by atoms with Crippen molar-refractivity contribution < 1.29 is 47.7 Å². The molecule has 0 saturated heterocycles. The number of ether oxygens (including phenoxy) is 5. The fourth-order valence-corrected chi connectivity index (χ4v) is 16.2. The second-order valence-corrected chi connectivity index (χ2v) is 27.1. The average molecular weight is 1090 g/mol. The largest absolute Gasteiger partial charge is 0.465 e. The molecule has 0 aromatic carbocycles. The van der Waals surface area contributed by atoms with Crippen molar-refractivity contribution in [1.82, 2.24) is 4.90 Å². The molecule has 0 N–H and O–H groups in total. The summed E-state index contributed by atoms with van der Waals surface area (Å²) in [6, 6.07) is 0. The van der Waals surface area contributed by atoms with Crippen LogP contribution in [0.4, 0.5) is 0 Å². The van der Waals surface area contributed by atoms with Crippen molar-refractivity contribution in [1.29, 1.82) is 0 Å². The van der Waals surface area contributed by atoms with Crippen LogP contribution in [-0.2, 0) is 47.7 Å². The second kappa shape index (κ2) is 33.8. The van der Waals surface area contributed by atoms with Gasteiger partial charge < -0.3 is 28.6 Å². The molecule has 11 heteroatoms. The molecule has 78 heavy (non-hydrogen) atoms. The highest BCUT2D eigenvalue weighted by atomic mass is 16.6. The predicted molar refractivity (Wildman–Crippen MR) is 312 cm³/mol. The van der Waals surface area contributed by atoms with Gasteiger partial charge in [0.15, 0.2) is 0 Å². The number of hydrogen-bond acceptors (Lipinski definition) is 11. The van der Waals surface area contributed by atoms with E-state index >= 15 is 0 Å². The first kappa shape index (κ1) is 65.9. The maximum absolute atomic E-state index is 14.0. The Kier molecular flexibility index (Phi) is 28.6. The molecule has 0 amide bonds. The van der Waals surface area contributed by atoms with Crippen LogP contribution in [0.25, 0.3) is 0 Å². The average Bonchev–Trinajstić information content (AvgIpc) is 3.79. The van der Waals surface area contributed by atoms with Gasteiger partial charge in [0, 0.05) is 43.9 Å². The molecule has 448 valence electrons. The predicted octanol–water partition coefficient (Wildman–Crippen LogP) is 15.6. The van der Waals surface area contributed by atoms with E-state index in [1.807, 2.05) is 14.1 Å². The van der Waals surface area contributed by atoms with Crippen LogP contribution < -0.4 is 0 Å². The third-order valence-electron chi connectivity index (χ3n) is 20.7. The van der Waals surface area contributed by atoms with Gasteiger partial charge in [-0.3, -0.25) is 24.0 Å². The van der Waals surface area contributed by atoms with Crippen molar-refractivity contribution in [2.75, 3.05) is 40.5 Å². The number of fused-ring (bicyclic) bond motifs is 5. The van der Waals surface area contributed by atoms with E-state index in [4.69, 9.17) is 23.7 Å². The van der Waals surface area contributed by atoms with Gasteiger partial charge in [-0.1, -0.05) is 119 Å². The van der Waals surface area contributed by atoms with Crippen molar-refractivity contribution in [2.24, 2.45) is 75.9 Å². The molecule has 11 nitrogen and oxygen atoms in total. The molecule has 0 aromatic heterocycles. The molecule has 0 heterocycles. The minimum Gasteiger partial charge on any atom is -0.465 e. The van der Waals surface area contributed by atoms with Gasteiger partial charge >= 0.3 is 29.8 Å². The zero-order valence-electron chi connectivity index (χ0n) is 51.4. The van der Waals surface area contributed by atoms with E-state index in [0.717, 1.165) is 132 Å². The number of rotatable bonds is 36. The topological polar surface area (TPSA) is 135 Å². The molecule has 0 aliphatic heterocycles. The summed E-state index contributed by atoms with van der Waals surface area (Å²) in [7, 11) is 4.01. The summed E-state index contributed by atoms with van der Waals surface area (Å²) in [6.07, 6.45) is 31.7. The quantitative estimate of drug-likeness (QED) is 0.0257. The van der Waals surface area contributed by atoms with E-state index < -0.39 is 6.10 Å². The first-order chi connectivity index (χ1) is 37.4. The van der Waals surface area contributed by atoms with Crippen LogP contribution >= 0.6 is 0 Å². The molecule has 5 rings (SSSR count). The molecule has 5 saturated carbocycles. The number of carbonyl (C=O) groups is 5. The fourth-order valence-electron chi connectivity index (χ4n) is 16.2. The summed E-state index contributed by atoms with van der Waals surface area (Å²) >= 11 is 0. The molecule has 5 aliphatic rings. The number of nitrogens with zero attached hydrogens (tertiary/aromatic N) is 1. The number of esters is 5. The lowest BCUT2D eigenvalue weighted by Gasteiger charge is -2.61. The molecule has 0 bridgehead atoms. The third kappa shape index (κ3) is 20.2. The van der Waals surface area contributed by atoms with Crippen molar-refractivity contribution in [3.05, 3.63) is 12.2 Å². The molecule has 5 aliphatic carbocycles. The van der Waals surface area contributed by atoms with Crippen molar-refractivity contribution >= 4 is 29.8 Å². The summed E-state index contributed by atoms with van der Waals surface area (Å²) in [5.41, 5.74) is 0.708. The maximum atomic E-state index is 14.0. The van der Waals surface area contributed by atoms with Crippen LogP contribution in [0.1, 0.15) is 254 Å². The lowest BCUT2D eigenvalue weighted by molar-refractivity contribution is -0.170. The van der Waals surface area contributed by atoms with Gasteiger partial charge in [-0.25, -0.2) is 0 Å². The Hall–Kier alpha value is -2.95. The van der Waals surface area contributed by atoms with E-state index in [1.54, 1.807) is 0 Å². The SMILES string of the molecule is CC/C=C\CC1C(CC(=O)OCC(OC(=O)CCCCC(COC(=O)CCCCC)COC(=O)CCCCC)C2CC[C@@]3(C)C(CC[C@H]4[C@@H]5CC[C@H]([C@H](C)CCCC(C)C)[C@@]5(C)CC[C@@H]43)C2)CCC1OC(=O)CCCN(C)C. The van der Waals surface area contributed by atoms with Crippen LogP contribution in [0.15, 0.2) is 12.2 Å². The standard InChI is InChI=1S/C67H115NO10/c1-11-14-17-27-54-51(32-37-59(54)77-64(72)31-23-42-68(9)10)44-65(73)76-47-60(78-63(71)30-21-20-26-50(45-74-61(69)28-18-15-12-2)46-75-62(70)29-19-16-13-3)52-38-40-66(7)53(43-52)33-34-55-57-36-35-56(49(6)25-22-24-48(4)5)67(57,8)41-39-58(55)66/h14,17,48-60H,11-13,15-16,18-47H2,1-10H3/b17-14-/t49-,51?,52?,53?,54?,55+,56-,57+,58+,59?,60?,66+,67-/m1/s1. The van der Waals surface area contributed by atoms with Crippen molar-refractivity contribution in [3.8, 4) is 0 Å². The normalized spacial score (nSPS) is 29.5. The van der Waals surface area contributed by atoms with Gasteiger partial charge in [0.2, 0.25) is 0 Å². The Morgan fingerprint density at radius 1 is 0.603 bits per heavy atom. The highest BCUT2D eigenvalue weighted by Gasteiger charge is 2.61. The zero-order valence-corrected chi connectivity index (χ0v) is 51.4. The summed E-state index contributed by atoms with van der Waals surface area (Å²) in [5, 5.41) is 0. The first-order valence-corrected chi connectivity index (χ1v) is 32.6. The Morgan fingerprint density at radius 3 is 1.91 bits per heavy atom. The van der Waals surface area contributed by atoms with Crippen LogP contribution in [0.3, 0.4) is 0 Å². The van der Waals surface area contributed by atoms with E-state index in [2.05, 4.69) is 72.4 Å². The highest BCUT2D eigenvalue weighted by molar-refractivity contribution is 5.71. The maximum Gasteiger partial charge on any atom is 0.306 e. The van der Waals surface area contributed by atoms with Crippen molar-refractivity contribution in [3.63, 3.8) is 0 Å². The molecular weight excluding hydrogens is 979 g/mol. The molecular formula is C67H115NO10. The molecule has 13 atom stereocenters. The van der Waals surface area contributed by atoms with Gasteiger partial charge in [-0.05, 0) is 200 Å². The third-order valence-corrected chi connectivity index (χ3v) is 20.7. The summed E-state index contributed by atoms with van der Waals surface area (Å²) < 4.78 is 30.2.